The van der Waals surface area contributed by atoms with Crippen LogP contribution in [-0.2, 0) is 28.7 Å². The van der Waals surface area contributed by atoms with Gasteiger partial charge in [-0.15, -0.1) is 13.2 Å². The number of halogens is 3. The normalized spacial score (nSPS) is 26.8. The van der Waals surface area contributed by atoms with Gasteiger partial charge in [0.15, 0.2) is 5.78 Å². The molecule has 13 heteroatoms. The molecule has 0 aromatic rings. The number of rotatable bonds is 7. The monoisotopic (exact) mass is 518 g/mol. The van der Waals surface area contributed by atoms with E-state index in [0.29, 0.717) is 19.4 Å². The molecule has 0 radical (unpaired) electrons. The molecule has 3 rings (SSSR count). The molecule has 36 heavy (non-hydrogen) atoms. The van der Waals surface area contributed by atoms with E-state index in [1.54, 1.807) is 20.8 Å². The number of Topliss-reactive ketones (excluding diaryl/α,β-unsaturated/α-hetero) is 1. The molecule has 1 unspecified atom stereocenters. The minimum atomic E-state index is -5.04. The first-order valence-electron chi connectivity index (χ1n) is 12.1. The van der Waals surface area contributed by atoms with Gasteiger partial charge in [-0.1, -0.05) is 6.42 Å². The fourth-order valence-corrected chi connectivity index (χ4v) is 5.31. The lowest BCUT2D eigenvalue weighted by atomic mass is 9.92. The Hall–Kier alpha value is -2.70. The Morgan fingerprint density at radius 1 is 1.14 bits per heavy atom. The number of carbonyl (C=O) groups excluding carboxylic acids is 5. The van der Waals surface area contributed by atoms with Crippen LogP contribution in [0.1, 0.15) is 52.9 Å². The molecule has 0 aromatic heterocycles. The van der Waals surface area contributed by atoms with Crippen molar-refractivity contribution < 1.29 is 41.9 Å². The van der Waals surface area contributed by atoms with E-state index in [-0.39, 0.29) is 30.7 Å². The highest BCUT2D eigenvalue weighted by atomic mass is 19.4. The molecule has 3 fully saturated rings. The van der Waals surface area contributed by atoms with Crippen molar-refractivity contribution in [3.63, 3.8) is 0 Å². The molecule has 202 valence electrons. The van der Waals surface area contributed by atoms with Gasteiger partial charge >= 0.3 is 18.2 Å². The first-order chi connectivity index (χ1) is 16.7. The predicted molar refractivity (Wildman–Crippen MR) is 119 cm³/mol. The summed E-state index contributed by atoms with van der Waals surface area (Å²) in [7, 11) is 0. The number of ether oxygens (including phenoxy) is 1. The number of alkyl halides is 3. The zero-order valence-electron chi connectivity index (χ0n) is 20.6. The van der Waals surface area contributed by atoms with Crippen LogP contribution in [-0.4, -0.2) is 78.0 Å². The highest BCUT2D eigenvalue weighted by Gasteiger charge is 2.51. The number of ketones is 1. The number of hydrogen-bond acceptors (Lipinski definition) is 6. The zero-order valence-corrected chi connectivity index (χ0v) is 20.6. The first-order valence-corrected chi connectivity index (χ1v) is 12.1. The summed E-state index contributed by atoms with van der Waals surface area (Å²) in [5, 5.41) is 7.66. The second-order valence-corrected chi connectivity index (χ2v) is 10.7. The zero-order chi connectivity index (χ0) is 26.8. The van der Waals surface area contributed by atoms with Gasteiger partial charge in [-0.3, -0.25) is 28.7 Å². The summed E-state index contributed by atoms with van der Waals surface area (Å²) in [5.74, 6) is -4.78. The van der Waals surface area contributed by atoms with Crippen LogP contribution in [0.15, 0.2) is 0 Å². The van der Waals surface area contributed by atoms with Gasteiger partial charge in [-0.05, 0) is 58.3 Å². The molecule has 10 nitrogen and oxygen atoms in total. The van der Waals surface area contributed by atoms with Crippen LogP contribution in [0.3, 0.4) is 0 Å². The lowest BCUT2D eigenvalue weighted by Crippen LogP contribution is -2.57. The van der Waals surface area contributed by atoms with Gasteiger partial charge < -0.3 is 20.9 Å². The quantitative estimate of drug-likeness (QED) is 0.424. The molecular formula is C23H33F3N4O6. The molecule has 3 aliphatic rings. The summed E-state index contributed by atoms with van der Waals surface area (Å²) in [5.41, 5.74) is -0.683. The van der Waals surface area contributed by atoms with Gasteiger partial charge in [0.1, 0.15) is 12.6 Å². The number of fused-ring (bicyclic) bond motifs is 1. The van der Waals surface area contributed by atoms with Crippen LogP contribution >= 0.6 is 0 Å². The molecule has 1 aliphatic carbocycles. The third-order valence-corrected chi connectivity index (χ3v) is 6.87. The van der Waals surface area contributed by atoms with Crippen molar-refractivity contribution in [3.8, 4) is 0 Å². The van der Waals surface area contributed by atoms with Crippen LogP contribution in [0, 0.1) is 17.8 Å². The maximum absolute atomic E-state index is 13.4. The lowest BCUT2D eigenvalue weighted by Gasteiger charge is -2.30. The third-order valence-electron chi connectivity index (χ3n) is 6.87. The molecule has 2 heterocycles. The van der Waals surface area contributed by atoms with E-state index in [2.05, 4.69) is 20.7 Å². The number of nitrogens with one attached hydrogen (secondary N) is 3. The van der Waals surface area contributed by atoms with Crippen molar-refractivity contribution in [2.24, 2.45) is 17.8 Å². The van der Waals surface area contributed by atoms with E-state index < -0.39 is 60.0 Å². The van der Waals surface area contributed by atoms with Crippen LogP contribution in [0.25, 0.3) is 0 Å². The molecule has 1 saturated carbocycles. The fraction of sp³-hybridized carbons (Fsp3) is 0.783. The van der Waals surface area contributed by atoms with E-state index in [4.69, 9.17) is 0 Å². The van der Waals surface area contributed by atoms with E-state index in [1.165, 1.54) is 4.90 Å². The van der Waals surface area contributed by atoms with E-state index in [1.807, 2.05) is 0 Å². The lowest BCUT2D eigenvalue weighted by molar-refractivity contribution is -0.321. The fourth-order valence-electron chi connectivity index (χ4n) is 5.31. The molecule has 4 amide bonds. The van der Waals surface area contributed by atoms with Crippen molar-refractivity contribution in [1.29, 1.82) is 0 Å². The molecule has 2 saturated heterocycles. The molecule has 0 spiro atoms. The third kappa shape index (κ3) is 6.95. The molecule has 5 atom stereocenters. The smallest absolute Gasteiger partial charge is 0.356 e. The van der Waals surface area contributed by atoms with E-state index >= 15 is 0 Å². The number of hydrogen-bond donors (Lipinski definition) is 3. The Bertz CT molecular complexity index is 903. The first kappa shape index (κ1) is 27.9. The summed E-state index contributed by atoms with van der Waals surface area (Å²) >= 11 is 0. The predicted octanol–water partition coefficient (Wildman–Crippen LogP) is 0.645. The van der Waals surface area contributed by atoms with Gasteiger partial charge in [0.05, 0.1) is 6.04 Å². The van der Waals surface area contributed by atoms with Crippen LogP contribution in [0.5, 0.6) is 0 Å². The topological polar surface area (TPSA) is 134 Å². The summed E-state index contributed by atoms with van der Waals surface area (Å²) < 4.78 is 41.2. The number of likely N-dealkylation sites (tertiary alicyclic amines) is 1. The maximum Gasteiger partial charge on any atom is 0.522 e. The molecule has 2 aliphatic heterocycles. The van der Waals surface area contributed by atoms with Crippen LogP contribution in [0.2, 0.25) is 0 Å². The SMILES string of the molecule is CC(C)(C)NC(=O)C(=O)N1C[C@@H]2CCC[C@@H]2C1C(=O)N[C@@H](C[C@@H]1CCNC1=O)C(=O)COC(F)(F)F. The standard InChI is InChI=1S/C23H33F3N4O6/c1-22(2,3)29-20(34)21(35)30-10-13-5-4-6-14(13)17(30)19(33)28-15(9-12-7-8-27-18(12)32)16(31)11-36-23(24,25)26/h12-15,17H,4-11H2,1-3H3,(H,27,32)(H,28,33)(H,29,34)/t12-,13-,14-,15-,17?/m0/s1. The Morgan fingerprint density at radius 3 is 2.42 bits per heavy atom. The van der Waals surface area contributed by atoms with Crippen molar-refractivity contribution >= 4 is 29.4 Å². The number of nitrogens with zero attached hydrogens (tertiary/aromatic N) is 1. The Morgan fingerprint density at radius 2 is 1.83 bits per heavy atom. The molecule has 0 aromatic carbocycles. The summed E-state index contributed by atoms with van der Waals surface area (Å²) in [4.78, 5) is 64.8. The minimum Gasteiger partial charge on any atom is -0.356 e. The molecular weight excluding hydrogens is 485 g/mol. The minimum absolute atomic E-state index is 0.00420. The number of amides is 4. The van der Waals surface area contributed by atoms with Gasteiger partial charge in [-0.2, -0.15) is 0 Å². The van der Waals surface area contributed by atoms with Crippen LogP contribution in [0.4, 0.5) is 13.2 Å². The molecule has 3 N–H and O–H groups in total. The maximum atomic E-state index is 13.4. The van der Waals surface area contributed by atoms with E-state index in [9.17, 15) is 37.1 Å². The Labute approximate surface area is 207 Å². The summed E-state index contributed by atoms with van der Waals surface area (Å²) in [6, 6.07) is -2.47. The average Bonchev–Trinajstić information content (AvgIpc) is 3.45. The second kappa shape index (κ2) is 10.7. The van der Waals surface area contributed by atoms with Gasteiger partial charge in [-0.25, -0.2) is 0 Å². The van der Waals surface area contributed by atoms with Crippen molar-refractivity contribution in [1.82, 2.24) is 20.9 Å². The van der Waals surface area contributed by atoms with Gasteiger partial charge in [0.2, 0.25) is 11.8 Å². The Balaban J connectivity index is 1.78. The van der Waals surface area contributed by atoms with Gasteiger partial charge in [0, 0.05) is 24.5 Å². The Kier molecular flexibility index (Phi) is 8.31. The largest absolute Gasteiger partial charge is 0.522 e. The number of carbonyl (C=O) groups is 5. The average molecular weight is 519 g/mol. The van der Waals surface area contributed by atoms with Crippen molar-refractivity contribution in [2.45, 2.75) is 76.9 Å². The van der Waals surface area contributed by atoms with Gasteiger partial charge in [0.25, 0.3) is 0 Å². The molecule has 0 bridgehead atoms. The van der Waals surface area contributed by atoms with Crippen molar-refractivity contribution in [2.75, 3.05) is 19.7 Å². The second-order valence-electron chi connectivity index (χ2n) is 10.7. The highest BCUT2D eigenvalue weighted by molar-refractivity contribution is 6.35. The van der Waals surface area contributed by atoms with Crippen LogP contribution < -0.4 is 16.0 Å². The summed E-state index contributed by atoms with van der Waals surface area (Å²) in [6.07, 6.45) is -2.64. The highest BCUT2D eigenvalue weighted by Crippen LogP contribution is 2.42. The summed E-state index contributed by atoms with van der Waals surface area (Å²) in [6.45, 7) is 4.35. The van der Waals surface area contributed by atoms with Crippen molar-refractivity contribution in [3.05, 3.63) is 0 Å². The van der Waals surface area contributed by atoms with E-state index in [0.717, 1.165) is 12.8 Å².